The predicted molar refractivity (Wildman–Crippen MR) is 216 cm³/mol. The Bertz CT molecular complexity index is 3090. The minimum Gasteiger partial charge on any atom is -0.457 e. The van der Waals surface area contributed by atoms with E-state index in [1.54, 1.807) is 11.3 Å². The fourth-order valence-electron chi connectivity index (χ4n) is 8.87. The molecule has 1 aliphatic heterocycles. The summed E-state index contributed by atoms with van der Waals surface area (Å²) in [5.74, 6) is 2.55. The van der Waals surface area contributed by atoms with Crippen molar-refractivity contribution in [3.05, 3.63) is 180 Å². The van der Waals surface area contributed by atoms with Gasteiger partial charge in [0, 0.05) is 52.5 Å². The molecule has 1 aliphatic carbocycles. The first-order valence-electron chi connectivity index (χ1n) is 17.5. The average Bonchev–Trinajstić information content (AvgIpc) is 3.86. The van der Waals surface area contributed by atoms with Crippen LogP contribution in [0.1, 0.15) is 22.3 Å². The molecular weight excluding hydrogens is 673 g/mol. The number of ether oxygens (including phenoxy) is 1. The highest BCUT2D eigenvalue weighted by Gasteiger charge is 2.51. The largest absolute Gasteiger partial charge is 0.457 e. The van der Waals surface area contributed by atoms with Crippen LogP contribution in [0.3, 0.4) is 0 Å². The number of thiophene rings is 2. The van der Waals surface area contributed by atoms with Crippen LogP contribution in [0, 0.1) is 0 Å². The summed E-state index contributed by atoms with van der Waals surface area (Å²) in [6.07, 6.45) is 0. The van der Waals surface area contributed by atoms with E-state index in [4.69, 9.17) is 14.7 Å². The molecule has 12 rings (SSSR count). The summed E-state index contributed by atoms with van der Waals surface area (Å²) >= 11 is 3.60. The van der Waals surface area contributed by atoms with Gasteiger partial charge in [-0.25, -0.2) is 9.97 Å². The molecule has 3 aromatic heterocycles. The number of hydrogen-bond donors (Lipinski definition) is 0. The first kappa shape index (κ1) is 28.5. The Hall–Kier alpha value is -6.14. The third-order valence-corrected chi connectivity index (χ3v) is 13.3. The Morgan fingerprint density at radius 3 is 1.88 bits per heavy atom. The van der Waals surface area contributed by atoms with Crippen molar-refractivity contribution in [2.75, 3.05) is 0 Å². The van der Waals surface area contributed by atoms with E-state index in [0.717, 1.165) is 49.7 Å². The van der Waals surface area contributed by atoms with Crippen LogP contribution in [-0.4, -0.2) is 9.97 Å². The first-order chi connectivity index (χ1) is 25.8. The number of benzene rings is 7. The zero-order valence-corrected chi connectivity index (χ0v) is 29.3. The highest BCUT2D eigenvalue weighted by atomic mass is 32.1. The summed E-state index contributed by atoms with van der Waals surface area (Å²) in [5, 5.41) is 3.63. The van der Waals surface area contributed by atoms with E-state index in [1.807, 2.05) is 11.3 Å². The van der Waals surface area contributed by atoms with Gasteiger partial charge in [-0.3, -0.25) is 0 Å². The van der Waals surface area contributed by atoms with Crippen molar-refractivity contribution in [2.24, 2.45) is 0 Å². The summed E-state index contributed by atoms with van der Waals surface area (Å²) in [7, 11) is 0. The smallest absolute Gasteiger partial charge is 0.161 e. The molecule has 10 aromatic rings. The molecule has 1 spiro atoms. The Morgan fingerprint density at radius 1 is 0.462 bits per heavy atom. The maximum atomic E-state index is 6.56. The van der Waals surface area contributed by atoms with Gasteiger partial charge in [-0.1, -0.05) is 121 Å². The van der Waals surface area contributed by atoms with Crippen molar-refractivity contribution in [3.8, 4) is 45.3 Å². The van der Waals surface area contributed by atoms with Crippen LogP contribution in [0.15, 0.2) is 158 Å². The standard InChI is InChI=1S/C47H26N2OS2/c1-4-16-33-28(12-1)32-26-27(24-25-34(32)47(33)35-17-5-7-19-37(35)50-38-20-8-6-18-36(38)47)43-45-44(30-14-3-10-22-40(30)52-45)49-46(48-43)31-15-11-23-41-42(31)29-13-2-9-21-39(29)51-41/h1-26H. The summed E-state index contributed by atoms with van der Waals surface area (Å²) in [5.41, 5.74) is 10.9. The molecule has 0 atom stereocenters. The summed E-state index contributed by atoms with van der Waals surface area (Å²) in [6, 6.07) is 56.7. The van der Waals surface area contributed by atoms with E-state index in [9.17, 15) is 0 Å². The summed E-state index contributed by atoms with van der Waals surface area (Å²) in [6.45, 7) is 0. The van der Waals surface area contributed by atoms with Crippen molar-refractivity contribution >= 4 is 63.1 Å². The summed E-state index contributed by atoms with van der Waals surface area (Å²) in [4.78, 5) is 10.9. The van der Waals surface area contributed by atoms with Gasteiger partial charge < -0.3 is 4.74 Å². The predicted octanol–water partition coefficient (Wildman–Crippen LogP) is 13.0. The van der Waals surface area contributed by atoms with Gasteiger partial charge in [0.25, 0.3) is 0 Å². The minimum absolute atomic E-state index is 0.505. The van der Waals surface area contributed by atoms with Crippen LogP contribution in [0.25, 0.3) is 74.2 Å². The molecule has 2 aliphatic rings. The van der Waals surface area contributed by atoms with Crippen molar-refractivity contribution in [1.82, 2.24) is 9.97 Å². The van der Waals surface area contributed by atoms with Gasteiger partial charge in [-0.05, 0) is 58.7 Å². The van der Waals surface area contributed by atoms with Gasteiger partial charge in [0.05, 0.1) is 21.3 Å². The zero-order chi connectivity index (χ0) is 34.0. The molecule has 3 nitrogen and oxygen atoms in total. The Morgan fingerprint density at radius 2 is 1.08 bits per heavy atom. The fraction of sp³-hybridized carbons (Fsp3) is 0.0213. The van der Waals surface area contributed by atoms with Crippen molar-refractivity contribution < 1.29 is 4.74 Å². The Kier molecular flexibility index (Phi) is 5.74. The van der Waals surface area contributed by atoms with Gasteiger partial charge in [0.2, 0.25) is 0 Å². The number of fused-ring (bicyclic) bond motifs is 15. The lowest BCUT2D eigenvalue weighted by Crippen LogP contribution is -2.32. The molecule has 4 heterocycles. The maximum absolute atomic E-state index is 6.56. The molecule has 0 unspecified atom stereocenters. The Labute approximate surface area is 307 Å². The molecule has 5 heteroatoms. The van der Waals surface area contributed by atoms with Gasteiger partial charge in [-0.15, -0.1) is 22.7 Å². The lowest BCUT2D eigenvalue weighted by atomic mass is 9.66. The third kappa shape index (κ3) is 3.69. The second kappa shape index (κ2) is 10.5. The number of aromatic nitrogens is 2. The normalized spacial score (nSPS) is 13.7. The number of hydrogen-bond acceptors (Lipinski definition) is 5. The van der Waals surface area contributed by atoms with Crippen LogP contribution < -0.4 is 4.74 Å². The molecule has 242 valence electrons. The molecule has 0 radical (unpaired) electrons. The van der Waals surface area contributed by atoms with Crippen LogP contribution in [-0.2, 0) is 5.41 Å². The fourth-order valence-corrected chi connectivity index (χ4v) is 11.2. The molecular formula is C47H26N2OS2. The second-order valence-electron chi connectivity index (χ2n) is 13.6. The van der Waals surface area contributed by atoms with Gasteiger partial charge in [-0.2, -0.15) is 0 Å². The summed E-state index contributed by atoms with van der Waals surface area (Å²) < 4.78 is 11.4. The highest BCUT2D eigenvalue weighted by molar-refractivity contribution is 7.26. The van der Waals surface area contributed by atoms with E-state index in [-0.39, 0.29) is 0 Å². The SMILES string of the molecule is c1ccc2c(c1)Oc1ccccc1C21c2ccccc2-c2cc(-c3nc(-c4cccc5sc6ccccc6c45)nc4c3sc3ccccc34)ccc21. The van der Waals surface area contributed by atoms with Crippen molar-refractivity contribution in [3.63, 3.8) is 0 Å². The van der Waals surface area contributed by atoms with Gasteiger partial charge in [0.15, 0.2) is 5.82 Å². The first-order valence-corrected chi connectivity index (χ1v) is 19.1. The van der Waals surface area contributed by atoms with Crippen LogP contribution in [0.5, 0.6) is 11.5 Å². The van der Waals surface area contributed by atoms with Crippen LogP contribution in [0.4, 0.5) is 0 Å². The van der Waals surface area contributed by atoms with Crippen LogP contribution in [0.2, 0.25) is 0 Å². The lowest BCUT2D eigenvalue weighted by Gasteiger charge is -2.39. The molecule has 0 N–H and O–H groups in total. The molecule has 0 saturated carbocycles. The van der Waals surface area contributed by atoms with E-state index < -0.39 is 5.41 Å². The monoisotopic (exact) mass is 698 g/mol. The van der Waals surface area contributed by atoms with Crippen LogP contribution >= 0.6 is 22.7 Å². The van der Waals surface area contributed by atoms with E-state index in [2.05, 4.69) is 158 Å². The number of nitrogens with zero attached hydrogens (tertiary/aromatic N) is 2. The third-order valence-electron chi connectivity index (χ3n) is 11.0. The van der Waals surface area contributed by atoms with E-state index >= 15 is 0 Å². The number of rotatable bonds is 2. The Balaban J connectivity index is 1.16. The maximum Gasteiger partial charge on any atom is 0.161 e. The molecule has 0 bridgehead atoms. The van der Waals surface area contributed by atoms with E-state index in [1.165, 1.54) is 58.3 Å². The molecule has 0 amide bonds. The quantitative estimate of drug-likeness (QED) is 0.180. The average molecular weight is 699 g/mol. The lowest BCUT2D eigenvalue weighted by molar-refractivity contribution is 0.436. The van der Waals surface area contributed by atoms with Crippen molar-refractivity contribution in [1.29, 1.82) is 0 Å². The highest BCUT2D eigenvalue weighted by Crippen LogP contribution is 2.62. The molecule has 0 saturated heterocycles. The van der Waals surface area contributed by atoms with E-state index in [0.29, 0.717) is 0 Å². The topological polar surface area (TPSA) is 35.0 Å². The minimum atomic E-state index is -0.505. The van der Waals surface area contributed by atoms with Gasteiger partial charge >= 0.3 is 0 Å². The molecule has 7 aromatic carbocycles. The molecule has 0 fully saturated rings. The van der Waals surface area contributed by atoms with Crippen molar-refractivity contribution in [2.45, 2.75) is 5.41 Å². The zero-order valence-electron chi connectivity index (χ0n) is 27.6. The second-order valence-corrected chi connectivity index (χ2v) is 15.7. The molecule has 52 heavy (non-hydrogen) atoms. The number of para-hydroxylation sites is 2. The van der Waals surface area contributed by atoms with Gasteiger partial charge in [0.1, 0.15) is 11.5 Å².